The molecule has 1 aliphatic heterocycles. The number of nitrogens with zero attached hydrogens (tertiary/aromatic N) is 2. The van der Waals surface area contributed by atoms with E-state index in [9.17, 15) is 8.42 Å². The van der Waals surface area contributed by atoms with E-state index in [1.54, 1.807) is 34.0 Å². The average Bonchev–Trinajstić information content (AvgIpc) is 2.95. The van der Waals surface area contributed by atoms with Crippen molar-refractivity contribution in [2.45, 2.75) is 30.7 Å². The van der Waals surface area contributed by atoms with E-state index in [-0.39, 0.29) is 10.9 Å². The predicted octanol–water partition coefficient (Wildman–Crippen LogP) is 2.84. The molecule has 1 aliphatic rings. The van der Waals surface area contributed by atoms with Crippen LogP contribution in [0.2, 0.25) is 0 Å². The minimum Gasteiger partial charge on any atom is -0.263 e. The molecule has 1 atom stereocenters. The summed E-state index contributed by atoms with van der Waals surface area (Å²) in [6.07, 6.45) is 4.58. The fourth-order valence-corrected chi connectivity index (χ4v) is 5.29. The van der Waals surface area contributed by atoms with Crippen molar-refractivity contribution in [3.05, 3.63) is 46.4 Å². The van der Waals surface area contributed by atoms with Gasteiger partial charge in [0.2, 0.25) is 10.0 Å². The molecule has 6 heteroatoms. The monoisotopic (exact) mass is 308 g/mol. The molecule has 1 unspecified atom stereocenters. The lowest BCUT2D eigenvalue weighted by molar-refractivity contribution is 0.303. The largest absolute Gasteiger partial charge is 0.263 e. The first kappa shape index (κ1) is 13.7. The molecule has 4 nitrogen and oxygen atoms in total. The van der Waals surface area contributed by atoms with Gasteiger partial charge in [-0.2, -0.15) is 4.31 Å². The van der Waals surface area contributed by atoms with E-state index < -0.39 is 10.0 Å². The van der Waals surface area contributed by atoms with E-state index >= 15 is 0 Å². The van der Waals surface area contributed by atoms with Crippen LogP contribution in [0.1, 0.15) is 29.8 Å². The van der Waals surface area contributed by atoms with Crippen LogP contribution in [0.25, 0.3) is 0 Å². The number of hydrogen-bond donors (Lipinski definition) is 0. The van der Waals surface area contributed by atoms with Gasteiger partial charge < -0.3 is 0 Å². The number of rotatable bonds is 3. The molecule has 0 saturated heterocycles. The van der Waals surface area contributed by atoms with Crippen LogP contribution in [0.4, 0.5) is 0 Å². The van der Waals surface area contributed by atoms with Crippen molar-refractivity contribution in [3.63, 3.8) is 0 Å². The zero-order chi connectivity index (χ0) is 14.2. The minimum absolute atomic E-state index is 0.0600. The van der Waals surface area contributed by atoms with E-state index in [1.807, 2.05) is 12.3 Å². The summed E-state index contributed by atoms with van der Waals surface area (Å²) < 4.78 is 27.2. The van der Waals surface area contributed by atoms with Crippen LogP contribution in [-0.4, -0.2) is 24.3 Å². The van der Waals surface area contributed by atoms with E-state index in [2.05, 4.69) is 11.1 Å². The standard InChI is InChI=1S/C14H16N2O2S2/c1-2-13-12-6-9-19-14(12)5-8-16(13)20(17,18)11-4-3-7-15-10-11/h3-4,6-7,9-10,13H,2,5,8H2,1H3. The van der Waals surface area contributed by atoms with Crippen LogP contribution < -0.4 is 0 Å². The van der Waals surface area contributed by atoms with Crippen molar-refractivity contribution in [2.24, 2.45) is 0 Å². The van der Waals surface area contributed by atoms with Crippen molar-refractivity contribution in [2.75, 3.05) is 6.54 Å². The Morgan fingerprint density at radius 2 is 2.30 bits per heavy atom. The summed E-state index contributed by atoms with van der Waals surface area (Å²) in [5.74, 6) is 0. The predicted molar refractivity (Wildman–Crippen MR) is 79.2 cm³/mol. The SMILES string of the molecule is CCC1c2ccsc2CCN1S(=O)(=O)c1cccnc1. The van der Waals surface area contributed by atoms with Crippen molar-refractivity contribution >= 4 is 21.4 Å². The Morgan fingerprint density at radius 3 is 3.00 bits per heavy atom. The quantitative estimate of drug-likeness (QED) is 0.876. The first-order valence-corrected chi connectivity index (χ1v) is 8.94. The fourth-order valence-electron chi connectivity index (χ4n) is 2.72. The molecule has 0 amide bonds. The topological polar surface area (TPSA) is 50.3 Å². The van der Waals surface area contributed by atoms with Crippen LogP contribution in [0.3, 0.4) is 0 Å². The summed E-state index contributed by atoms with van der Waals surface area (Å²) in [6.45, 7) is 2.58. The minimum atomic E-state index is -3.47. The van der Waals surface area contributed by atoms with Crippen molar-refractivity contribution in [3.8, 4) is 0 Å². The maximum absolute atomic E-state index is 12.8. The van der Waals surface area contributed by atoms with Gasteiger partial charge in [-0.05, 0) is 42.0 Å². The lowest BCUT2D eigenvalue weighted by atomic mass is 10.0. The Labute approximate surface area is 123 Å². The fraction of sp³-hybridized carbons (Fsp3) is 0.357. The summed E-state index contributed by atoms with van der Waals surface area (Å²) in [5.41, 5.74) is 1.16. The third-order valence-electron chi connectivity index (χ3n) is 3.67. The number of aromatic nitrogens is 1. The Balaban J connectivity index is 2.03. The van der Waals surface area contributed by atoms with Gasteiger partial charge >= 0.3 is 0 Å². The van der Waals surface area contributed by atoms with Crippen LogP contribution >= 0.6 is 11.3 Å². The van der Waals surface area contributed by atoms with Gasteiger partial charge in [0, 0.05) is 23.8 Å². The summed E-state index contributed by atoms with van der Waals surface area (Å²) in [4.78, 5) is 5.52. The van der Waals surface area contributed by atoms with Gasteiger partial charge in [-0.1, -0.05) is 6.92 Å². The van der Waals surface area contributed by atoms with Crippen molar-refractivity contribution in [1.29, 1.82) is 0 Å². The second-order valence-corrected chi connectivity index (χ2v) is 7.67. The van der Waals surface area contributed by atoms with Gasteiger partial charge in [0.15, 0.2) is 0 Å². The normalized spacial score (nSPS) is 19.8. The van der Waals surface area contributed by atoms with Gasteiger partial charge in [-0.15, -0.1) is 11.3 Å². The first-order chi connectivity index (χ1) is 9.64. The molecule has 0 radical (unpaired) electrons. The highest BCUT2D eigenvalue weighted by atomic mass is 32.2. The maximum atomic E-state index is 12.8. The lowest BCUT2D eigenvalue weighted by Crippen LogP contribution is -2.39. The number of thiophene rings is 1. The lowest BCUT2D eigenvalue weighted by Gasteiger charge is -2.34. The zero-order valence-corrected chi connectivity index (χ0v) is 12.8. The Bertz CT molecular complexity index is 695. The van der Waals surface area contributed by atoms with Crippen LogP contribution in [-0.2, 0) is 16.4 Å². The third-order valence-corrected chi connectivity index (χ3v) is 6.56. The zero-order valence-electron chi connectivity index (χ0n) is 11.2. The molecule has 20 heavy (non-hydrogen) atoms. The van der Waals surface area contributed by atoms with Crippen LogP contribution in [0.5, 0.6) is 0 Å². The number of pyridine rings is 1. The van der Waals surface area contributed by atoms with E-state index in [0.717, 1.165) is 18.4 Å². The molecule has 2 aromatic heterocycles. The average molecular weight is 308 g/mol. The third kappa shape index (κ3) is 2.17. The summed E-state index contributed by atoms with van der Waals surface area (Å²) in [7, 11) is -3.47. The number of sulfonamides is 1. The van der Waals surface area contributed by atoms with E-state index in [4.69, 9.17) is 0 Å². The van der Waals surface area contributed by atoms with Crippen LogP contribution in [0, 0.1) is 0 Å². The summed E-state index contributed by atoms with van der Waals surface area (Å²) in [5, 5.41) is 2.05. The maximum Gasteiger partial charge on any atom is 0.245 e. The molecular formula is C14H16N2O2S2. The van der Waals surface area contributed by atoms with Gasteiger partial charge in [-0.3, -0.25) is 4.98 Å². The Kier molecular flexibility index (Phi) is 3.62. The molecule has 3 rings (SSSR count). The van der Waals surface area contributed by atoms with Gasteiger partial charge in [0.25, 0.3) is 0 Å². The molecular weight excluding hydrogens is 292 g/mol. The molecule has 0 aliphatic carbocycles. The molecule has 2 aromatic rings. The van der Waals surface area contributed by atoms with Gasteiger partial charge in [0.1, 0.15) is 4.90 Å². The molecule has 0 saturated carbocycles. The summed E-state index contributed by atoms with van der Waals surface area (Å²) >= 11 is 1.72. The van der Waals surface area contributed by atoms with Crippen LogP contribution in [0.15, 0.2) is 40.9 Å². The van der Waals surface area contributed by atoms with Gasteiger partial charge in [-0.25, -0.2) is 8.42 Å². The van der Waals surface area contributed by atoms with E-state index in [0.29, 0.717) is 6.54 Å². The molecule has 0 aromatic carbocycles. The Hall–Kier alpha value is -1.24. The smallest absolute Gasteiger partial charge is 0.245 e. The molecule has 106 valence electrons. The highest BCUT2D eigenvalue weighted by Gasteiger charge is 2.35. The van der Waals surface area contributed by atoms with Crippen molar-refractivity contribution < 1.29 is 8.42 Å². The summed E-state index contributed by atoms with van der Waals surface area (Å²) in [6, 6.07) is 5.26. The molecule has 0 N–H and O–H groups in total. The highest BCUT2D eigenvalue weighted by Crippen LogP contribution is 2.38. The first-order valence-electron chi connectivity index (χ1n) is 6.62. The molecule has 0 spiro atoms. The highest BCUT2D eigenvalue weighted by molar-refractivity contribution is 7.89. The molecule has 0 bridgehead atoms. The van der Waals surface area contributed by atoms with Gasteiger partial charge in [0.05, 0.1) is 6.04 Å². The second kappa shape index (κ2) is 5.27. The molecule has 3 heterocycles. The second-order valence-electron chi connectivity index (χ2n) is 4.78. The van der Waals surface area contributed by atoms with E-state index in [1.165, 1.54) is 11.1 Å². The Morgan fingerprint density at radius 1 is 1.45 bits per heavy atom. The number of fused-ring (bicyclic) bond motifs is 1. The number of hydrogen-bond acceptors (Lipinski definition) is 4. The molecule has 0 fully saturated rings. The van der Waals surface area contributed by atoms with Crippen molar-refractivity contribution in [1.82, 2.24) is 9.29 Å².